The molecule has 178 valence electrons. The Balaban J connectivity index is 1.44. The molecular weight excluding hydrogens is 439 g/mol. The van der Waals surface area contributed by atoms with Gasteiger partial charge in [-0.15, -0.1) is 0 Å². The number of para-hydroxylation sites is 1. The highest BCUT2D eigenvalue weighted by atomic mass is 19.1. The zero-order valence-electron chi connectivity index (χ0n) is 19.1. The van der Waals surface area contributed by atoms with Crippen molar-refractivity contribution in [3.8, 4) is 5.75 Å². The van der Waals surface area contributed by atoms with Crippen LogP contribution in [0.5, 0.6) is 5.75 Å². The van der Waals surface area contributed by atoms with Gasteiger partial charge >= 0.3 is 5.97 Å². The van der Waals surface area contributed by atoms with Crippen molar-refractivity contribution in [3.63, 3.8) is 0 Å². The lowest BCUT2D eigenvalue weighted by Gasteiger charge is -2.15. The summed E-state index contributed by atoms with van der Waals surface area (Å²) in [6.45, 7) is 2.34. The molecule has 1 aliphatic carbocycles. The molecule has 2 aromatic carbocycles. The minimum atomic E-state index is -1.10. The molecule has 0 aliphatic heterocycles. The number of aromatic nitrogens is 1. The number of carbonyl (C=O) groups is 2. The molecule has 4 rings (SSSR count). The van der Waals surface area contributed by atoms with E-state index >= 15 is 0 Å². The zero-order chi connectivity index (χ0) is 24.3. The van der Waals surface area contributed by atoms with Crippen LogP contribution in [0.2, 0.25) is 0 Å². The molecule has 0 saturated heterocycles. The van der Waals surface area contributed by atoms with Gasteiger partial charge in [-0.05, 0) is 54.7 Å². The van der Waals surface area contributed by atoms with Gasteiger partial charge in [0.15, 0.2) is 11.6 Å². The predicted octanol–water partition coefficient (Wildman–Crippen LogP) is 3.79. The number of pyridine rings is 1. The second kappa shape index (κ2) is 9.77. The third-order valence-electron chi connectivity index (χ3n) is 6.46. The number of methoxy groups -OCH3 is 1. The molecule has 0 bridgehead atoms. The first-order valence-corrected chi connectivity index (χ1v) is 11.2. The molecule has 1 amide bonds. The van der Waals surface area contributed by atoms with Gasteiger partial charge in [-0.3, -0.25) is 19.8 Å². The number of hydrogen-bond acceptors (Lipinski definition) is 6. The Morgan fingerprint density at radius 3 is 2.74 bits per heavy atom. The number of esters is 1. The summed E-state index contributed by atoms with van der Waals surface area (Å²) in [5.74, 6) is -2.36. The number of rotatable bonds is 9. The van der Waals surface area contributed by atoms with E-state index in [0.717, 1.165) is 28.6 Å². The fraction of sp³-hybridized carbons (Fsp3) is 0.346. The standard InChI is InChI=1S/C26H27FN2O5/c1-3-18-13-17(19-6-4-5-7-22(19)28-18)10-11-34-23-9-8-16(12-21(23)27)14-26(25(31)33-2)15-20(26)24(30)29-32/h4-9,12-13,20,32H,3,10-11,14-15H2,1-2H3,(H,29,30)/t20?,26-/m0/s1. The average molecular weight is 467 g/mol. The highest BCUT2D eigenvalue weighted by molar-refractivity contribution is 5.93. The molecule has 1 aliphatic rings. The maximum absolute atomic E-state index is 14.8. The first-order chi connectivity index (χ1) is 16.4. The van der Waals surface area contributed by atoms with Gasteiger partial charge in [0.05, 0.1) is 30.6 Å². The molecule has 2 N–H and O–H groups in total. The predicted molar refractivity (Wildman–Crippen MR) is 123 cm³/mol. The van der Waals surface area contributed by atoms with Crippen LogP contribution in [0.15, 0.2) is 48.5 Å². The molecule has 1 saturated carbocycles. The molecule has 1 heterocycles. The lowest BCUT2D eigenvalue weighted by Crippen LogP contribution is -2.30. The van der Waals surface area contributed by atoms with Gasteiger partial charge in [0, 0.05) is 17.5 Å². The molecule has 1 aromatic heterocycles. The third kappa shape index (κ3) is 4.59. The molecule has 7 nitrogen and oxygen atoms in total. The summed E-state index contributed by atoms with van der Waals surface area (Å²) < 4.78 is 25.3. The van der Waals surface area contributed by atoms with Crippen molar-refractivity contribution in [2.24, 2.45) is 11.3 Å². The Labute approximate surface area is 196 Å². The molecule has 3 aromatic rings. The van der Waals surface area contributed by atoms with Gasteiger partial charge in [0.25, 0.3) is 0 Å². The van der Waals surface area contributed by atoms with Crippen LogP contribution in [0.1, 0.15) is 30.2 Å². The summed E-state index contributed by atoms with van der Waals surface area (Å²) in [4.78, 5) is 28.7. The van der Waals surface area contributed by atoms with Crippen LogP contribution < -0.4 is 10.2 Å². The quantitative estimate of drug-likeness (QED) is 0.283. The van der Waals surface area contributed by atoms with E-state index in [1.165, 1.54) is 19.2 Å². The number of amides is 1. The smallest absolute Gasteiger partial charge is 0.312 e. The van der Waals surface area contributed by atoms with E-state index in [4.69, 9.17) is 14.7 Å². The second-order valence-corrected chi connectivity index (χ2v) is 8.56. The highest BCUT2D eigenvalue weighted by Gasteiger charge is 2.64. The van der Waals surface area contributed by atoms with E-state index in [2.05, 4.69) is 18.0 Å². The second-order valence-electron chi connectivity index (χ2n) is 8.56. The number of hydroxylamine groups is 1. The van der Waals surface area contributed by atoms with Gasteiger partial charge in [-0.25, -0.2) is 9.87 Å². The maximum atomic E-state index is 14.8. The van der Waals surface area contributed by atoms with Crippen LogP contribution in [0.3, 0.4) is 0 Å². The van der Waals surface area contributed by atoms with Crippen LogP contribution in [0, 0.1) is 17.2 Å². The lowest BCUT2D eigenvalue weighted by molar-refractivity contribution is -0.149. The third-order valence-corrected chi connectivity index (χ3v) is 6.46. The Kier molecular flexibility index (Phi) is 6.79. The number of carbonyl (C=O) groups excluding carboxylic acids is 2. The summed E-state index contributed by atoms with van der Waals surface area (Å²) >= 11 is 0. The topological polar surface area (TPSA) is 97.8 Å². The minimum Gasteiger partial charge on any atom is -0.490 e. The van der Waals surface area contributed by atoms with Crippen molar-refractivity contribution in [1.29, 1.82) is 0 Å². The van der Waals surface area contributed by atoms with Gasteiger partial charge < -0.3 is 9.47 Å². The number of hydrogen-bond donors (Lipinski definition) is 2. The van der Waals surface area contributed by atoms with Crippen LogP contribution in [0.25, 0.3) is 10.9 Å². The van der Waals surface area contributed by atoms with Crippen LogP contribution in [-0.4, -0.2) is 35.8 Å². The first-order valence-electron chi connectivity index (χ1n) is 11.2. The van der Waals surface area contributed by atoms with E-state index in [-0.39, 0.29) is 25.2 Å². The zero-order valence-corrected chi connectivity index (χ0v) is 19.1. The maximum Gasteiger partial charge on any atom is 0.312 e. The number of nitrogens with one attached hydrogen (secondary N) is 1. The van der Waals surface area contributed by atoms with Crippen molar-refractivity contribution in [2.45, 2.75) is 32.6 Å². The van der Waals surface area contributed by atoms with E-state index < -0.39 is 29.0 Å². The minimum absolute atomic E-state index is 0.116. The fourth-order valence-electron chi connectivity index (χ4n) is 4.53. The summed E-state index contributed by atoms with van der Waals surface area (Å²) in [7, 11) is 1.24. The number of benzene rings is 2. The Hall–Kier alpha value is -3.52. The molecule has 1 fully saturated rings. The number of fused-ring (bicyclic) bond motifs is 1. The molecule has 1 unspecified atom stereocenters. The number of halogens is 1. The molecular formula is C26H27FN2O5. The number of ether oxygens (including phenoxy) is 2. The largest absolute Gasteiger partial charge is 0.490 e. The monoisotopic (exact) mass is 466 g/mol. The SMILES string of the molecule is CCc1cc(CCOc2ccc(C[C@]3(C(=O)OC)CC3C(=O)NO)cc2F)c2ccccc2n1. The fourth-order valence-corrected chi connectivity index (χ4v) is 4.53. The van der Waals surface area contributed by atoms with Gasteiger partial charge in [-0.1, -0.05) is 31.2 Å². The number of nitrogens with zero attached hydrogens (tertiary/aromatic N) is 1. The van der Waals surface area contributed by atoms with E-state index in [0.29, 0.717) is 12.0 Å². The van der Waals surface area contributed by atoms with Gasteiger partial charge in [-0.2, -0.15) is 0 Å². The Bertz CT molecular complexity index is 1230. The molecule has 8 heteroatoms. The van der Waals surface area contributed by atoms with E-state index in [9.17, 15) is 14.0 Å². The molecule has 2 atom stereocenters. The van der Waals surface area contributed by atoms with Crippen molar-refractivity contribution < 1.29 is 28.7 Å². The van der Waals surface area contributed by atoms with E-state index in [1.54, 1.807) is 11.5 Å². The van der Waals surface area contributed by atoms with E-state index in [1.807, 2.05) is 24.3 Å². The molecule has 0 spiro atoms. The van der Waals surface area contributed by atoms with Crippen molar-refractivity contribution in [3.05, 3.63) is 71.2 Å². The Morgan fingerprint density at radius 2 is 2.03 bits per heavy atom. The Morgan fingerprint density at radius 1 is 1.24 bits per heavy atom. The highest BCUT2D eigenvalue weighted by Crippen LogP contribution is 2.55. The van der Waals surface area contributed by atoms with Crippen molar-refractivity contribution >= 4 is 22.8 Å². The first kappa shape index (κ1) is 23.6. The van der Waals surface area contributed by atoms with Crippen molar-refractivity contribution in [2.75, 3.05) is 13.7 Å². The molecule has 34 heavy (non-hydrogen) atoms. The normalized spacial score (nSPS) is 19.0. The van der Waals surface area contributed by atoms with Gasteiger partial charge in [0.2, 0.25) is 5.91 Å². The number of aryl methyl sites for hydroxylation is 1. The van der Waals surface area contributed by atoms with Crippen LogP contribution >= 0.6 is 0 Å². The van der Waals surface area contributed by atoms with Gasteiger partial charge in [0.1, 0.15) is 0 Å². The van der Waals surface area contributed by atoms with Crippen molar-refractivity contribution in [1.82, 2.24) is 10.5 Å². The summed E-state index contributed by atoms with van der Waals surface area (Å²) in [5, 5.41) is 9.95. The van der Waals surface area contributed by atoms with Crippen LogP contribution in [-0.2, 0) is 33.6 Å². The summed E-state index contributed by atoms with van der Waals surface area (Å²) in [5.41, 5.74) is 4.04. The summed E-state index contributed by atoms with van der Waals surface area (Å²) in [6.07, 6.45) is 1.77. The average Bonchev–Trinajstić information content (AvgIpc) is 3.59. The summed E-state index contributed by atoms with van der Waals surface area (Å²) in [6, 6.07) is 14.5. The lowest BCUT2D eigenvalue weighted by atomic mass is 9.93. The van der Waals surface area contributed by atoms with Crippen LogP contribution in [0.4, 0.5) is 4.39 Å². The molecule has 0 radical (unpaired) electrons.